The fourth-order valence-electron chi connectivity index (χ4n) is 2.15. The molecule has 0 atom stereocenters. The molecule has 25 heavy (non-hydrogen) atoms. The smallest absolute Gasteiger partial charge is 0.244 e. The Balaban J connectivity index is 1.79. The fraction of sp³-hybridized carbons (Fsp3) is 0.294. The largest absolute Gasteiger partial charge is 0.352 e. The van der Waals surface area contributed by atoms with Crippen LogP contribution >= 0.6 is 0 Å². The molecular weight excluding hydrogens is 340 g/mol. The Morgan fingerprint density at radius 3 is 2.68 bits per heavy atom. The van der Waals surface area contributed by atoms with E-state index >= 15 is 0 Å². The molecule has 0 aliphatic heterocycles. The first-order valence-corrected chi connectivity index (χ1v) is 9.52. The lowest BCUT2D eigenvalue weighted by Gasteiger charge is -2.04. The minimum Gasteiger partial charge on any atom is -0.352 e. The minimum absolute atomic E-state index is 0.190. The summed E-state index contributed by atoms with van der Waals surface area (Å²) < 4.78 is 27.9. The first-order valence-electron chi connectivity index (χ1n) is 8.04. The molecule has 8 heteroatoms. The summed E-state index contributed by atoms with van der Waals surface area (Å²) in [6, 6.07) is 8.20. The van der Waals surface area contributed by atoms with Crippen molar-refractivity contribution in [2.24, 2.45) is 0 Å². The molecule has 0 fully saturated rings. The topological polar surface area (TPSA) is 93.1 Å². The van der Waals surface area contributed by atoms with Gasteiger partial charge in [0, 0.05) is 38.1 Å². The first kappa shape index (κ1) is 18.9. The highest BCUT2D eigenvalue weighted by Crippen LogP contribution is 2.11. The van der Waals surface area contributed by atoms with Crippen molar-refractivity contribution in [3.8, 4) is 0 Å². The summed E-state index contributed by atoms with van der Waals surface area (Å²) >= 11 is 0. The monoisotopic (exact) mass is 362 g/mol. The number of amides is 1. The Bertz CT molecular complexity index is 797. The van der Waals surface area contributed by atoms with E-state index in [9.17, 15) is 13.2 Å². The van der Waals surface area contributed by atoms with Crippen molar-refractivity contribution < 1.29 is 13.2 Å². The van der Waals surface area contributed by atoms with E-state index in [1.165, 1.54) is 18.2 Å². The quantitative estimate of drug-likeness (QED) is 0.521. The predicted molar refractivity (Wildman–Crippen MR) is 96.2 cm³/mol. The standard InChI is InChI=1S/C17H22N4O3S/c1-2-20-25(23,24)16-8-5-15(6-9-16)7-10-17(22)18-11-3-13-21-14-4-12-19-21/h4-10,12,14,20H,2-3,11,13H2,1H3,(H,18,22)/b10-7+. The van der Waals surface area contributed by atoms with Crippen LogP contribution in [-0.4, -0.2) is 37.2 Å². The number of nitrogens with one attached hydrogen (secondary N) is 2. The second kappa shape index (κ2) is 9.14. The second-order valence-corrected chi connectivity index (χ2v) is 7.08. The number of carbonyl (C=O) groups is 1. The van der Waals surface area contributed by atoms with Gasteiger partial charge in [0.1, 0.15) is 0 Å². The van der Waals surface area contributed by atoms with Gasteiger partial charge in [-0.25, -0.2) is 13.1 Å². The maximum absolute atomic E-state index is 11.8. The summed E-state index contributed by atoms with van der Waals surface area (Å²) in [6.45, 7) is 3.37. The van der Waals surface area contributed by atoms with Crippen LogP contribution in [0.2, 0.25) is 0 Å². The Morgan fingerprint density at radius 1 is 1.28 bits per heavy atom. The average Bonchev–Trinajstić information content (AvgIpc) is 3.11. The van der Waals surface area contributed by atoms with Crippen LogP contribution < -0.4 is 10.0 Å². The zero-order valence-electron chi connectivity index (χ0n) is 14.1. The fourth-order valence-corrected chi connectivity index (χ4v) is 3.19. The summed E-state index contributed by atoms with van der Waals surface area (Å²) in [5, 5.41) is 6.88. The molecule has 2 rings (SSSR count). The number of aryl methyl sites for hydroxylation is 1. The lowest BCUT2D eigenvalue weighted by molar-refractivity contribution is -0.116. The molecule has 2 N–H and O–H groups in total. The molecule has 0 unspecified atom stereocenters. The van der Waals surface area contributed by atoms with Gasteiger partial charge in [-0.2, -0.15) is 5.10 Å². The van der Waals surface area contributed by atoms with Gasteiger partial charge in [0.2, 0.25) is 15.9 Å². The van der Waals surface area contributed by atoms with Gasteiger partial charge in [0.05, 0.1) is 4.90 Å². The van der Waals surface area contributed by atoms with Crippen LogP contribution in [0, 0.1) is 0 Å². The Kier molecular flexibility index (Phi) is 6.91. The third-order valence-corrected chi connectivity index (χ3v) is 4.94. The molecule has 1 heterocycles. The summed E-state index contributed by atoms with van der Waals surface area (Å²) in [6.07, 6.45) is 7.46. The van der Waals surface area contributed by atoms with Crippen molar-refractivity contribution >= 4 is 22.0 Å². The molecule has 0 aliphatic carbocycles. The van der Waals surface area contributed by atoms with E-state index in [0.717, 1.165) is 18.5 Å². The maximum atomic E-state index is 11.8. The van der Waals surface area contributed by atoms with Gasteiger partial charge in [0.25, 0.3) is 0 Å². The van der Waals surface area contributed by atoms with Crippen molar-refractivity contribution in [2.75, 3.05) is 13.1 Å². The van der Waals surface area contributed by atoms with Crippen molar-refractivity contribution in [3.63, 3.8) is 0 Å². The zero-order chi connectivity index (χ0) is 18.1. The first-order chi connectivity index (χ1) is 12.0. The van der Waals surface area contributed by atoms with Gasteiger partial charge in [-0.15, -0.1) is 0 Å². The molecule has 2 aromatic rings. The highest BCUT2D eigenvalue weighted by molar-refractivity contribution is 7.89. The van der Waals surface area contributed by atoms with E-state index in [4.69, 9.17) is 0 Å². The number of benzene rings is 1. The molecule has 0 aliphatic rings. The van der Waals surface area contributed by atoms with Crippen molar-refractivity contribution in [1.29, 1.82) is 0 Å². The molecule has 1 aromatic heterocycles. The maximum Gasteiger partial charge on any atom is 0.244 e. The van der Waals surface area contributed by atoms with Crippen molar-refractivity contribution in [1.82, 2.24) is 19.8 Å². The lowest BCUT2D eigenvalue weighted by atomic mass is 10.2. The zero-order valence-corrected chi connectivity index (χ0v) is 14.9. The summed E-state index contributed by atoms with van der Waals surface area (Å²) in [5.41, 5.74) is 0.752. The Hall–Kier alpha value is -2.45. The van der Waals surface area contributed by atoms with Crippen LogP contribution in [0.1, 0.15) is 18.9 Å². The number of hydrogen-bond acceptors (Lipinski definition) is 4. The van der Waals surface area contributed by atoms with E-state index in [2.05, 4.69) is 15.1 Å². The molecule has 0 saturated carbocycles. The molecule has 1 aromatic carbocycles. The minimum atomic E-state index is -3.45. The highest BCUT2D eigenvalue weighted by atomic mass is 32.2. The van der Waals surface area contributed by atoms with Crippen LogP contribution in [0.3, 0.4) is 0 Å². The predicted octanol–water partition coefficient (Wildman–Crippen LogP) is 1.40. The Morgan fingerprint density at radius 2 is 2.04 bits per heavy atom. The molecule has 0 spiro atoms. The van der Waals surface area contributed by atoms with Crippen LogP contribution in [0.15, 0.2) is 53.7 Å². The third kappa shape index (κ3) is 6.17. The van der Waals surface area contributed by atoms with Crippen LogP contribution in [-0.2, 0) is 21.4 Å². The van der Waals surface area contributed by atoms with Crippen LogP contribution in [0.5, 0.6) is 0 Å². The molecular formula is C17H22N4O3S. The van der Waals surface area contributed by atoms with Gasteiger partial charge in [-0.1, -0.05) is 19.1 Å². The van der Waals surface area contributed by atoms with Crippen LogP contribution in [0.25, 0.3) is 6.08 Å². The number of carbonyl (C=O) groups excluding carboxylic acids is 1. The van der Waals surface area contributed by atoms with E-state index in [1.54, 1.807) is 31.3 Å². The summed E-state index contributed by atoms with van der Waals surface area (Å²) in [4.78, 5) is 12.0. The summed E-state index contributed by atoms with van der Waals surface area (Å²) in [5.74, 6) is -0.190. The highest BCUT2D eigenvalue weighted by Gasteiger charge is 2.11. The van der Waals surface area contributed by atoms with E-state index in [1.807, 2.05) is 16.9 Å². The molecule has 7 nitrogen and oxygen atoms in total. The van der Waals surface area contributed by atoms with Gasteiger partial charge in [-0.3, -0.25) is 9.48 Å². The SMILES string of the molecule is CCNS(=O)(=O)c1ccc(/C=C/C(=O)NCCCn2cccn2)cc1. The number of rotatable bonds is 9. The van der Waals surface area contributed by atoms with Crippen molar-refractivity contribution in [2.45, 2.75) is 24.8 Å². The second-order valence-electron chi connectivity index (χ2n) is 5.32. The number of sulfonamides is 1. The van der Waals surface area contributed by atoms with Gasteiger partial charge < -0.3 is 5.32 Å². The van der Waals surface area contributed by atoms with Gasteiger partial charge >= 0.3 is 0 Å². The number of nitrogens with zero attached hydrogens (tertiary/aromatic N) is 2. The molecule has 134 valence electrons. The summed E-state index contributed by atoms with van der Waals surface area (Å²) in [7, 11) is -3.45. The van der Waals surface area contributed by atoms with E-state index in [-0.39, 0.29) is 10.8 Å². The normalized spacial score (nSPS) is 11.7. The van der Waals surface area contributed by atoms with Crippen molar-refractivity contribution in [3.05, 3.63) is 54.4 Å². The van der Waals surface area contributed by atoms with E-state index < -0.39 is 10.0 Å². The van der Waals surface area contributed by atoms with Gasteiger partial charge in [0.15, 0.2) is 0 Å². The van der Waals surface area contributed by atoms with E-state index in [0.29, 0.717) is 13.1 Å². The molecule has 0 bridgehead atoms. The molecule has 0 saturated heterocycles. The average molecular weight is 362 g/mol. The Labute approximate surface area is 147 Å². The van der Waals surface area contributed by atoms with Crippen LogP contribution in [0.4, 0.5) is 0 Å². The van der Waals surface area contributed by atoms with Gasteiger partial charge in [-0.05, 0) is 36.3 Å². The third-order valence-electron chi connectivity index (χ3n) is 3.37. The molecule has 0 radical (unpaired) electrons. The lowest BCUT2D eigenvalue weighted by Crippen LogP contribution is -2.23. The number of hydrogen-bond donors (Lipinski definition) is 2. The number of aromatic nitrogens is 2. The molecule has 1 amide bonds.